The van der Waals surface area contributed by atoms with E-state index in [2.05, 4.69) is 21.0 Å². The van der Waals surface area contributed by atoms with Crippen LogP contribution in [0.4, 0.5) is 0 Å². The average molecular weight is 269 g/mol. The topological polar surface area (TPSA) is 38.0 Å². The molecule has 0 spiro atoms. The first kappa shape index (κ1) is 10.6. The monoisotopic (exact) mass is 268 g/mol. The third-order valence-electron chi connectivity index (χ3n) is 2.39. The highest BCUT2D eigenvalue weighted by Crippen LogP contribution is 2.29. The number of hydrogen-bond donors (Lipinski definition) is 1. The van der Waals surface area contributed by atoms with E-state index in [1.165, 1.54) is 0 Å². The fourth-order valence-corrected chi connectivity index (χ4v) is 2.05. The Hall–Kier alpha value is -0.870. The van der Waals surface area contributed by atoms with Crippen molar-refractivity contribution in [1.29, 1.82) is 0 Å². The minimum absolute atomic E-state index is 0.710. The zero-order chi connectivity index (χ0) is 11.2. The van der Waals surface area contributed by atoms with E-state index in [0.29, 0.717) is 5.69 Å². The number of fused-ring (bicyclic) bond motifs is 1. The van der Waals surface area contributed by atoms with Crippen LogP contribution in [-0.4, -0.2) is 14.9 Å². The first-order valence-electron chi connectivity index (χ1n) is 4.75. The van der Waals surface area contributed by atoms with E-state index in [9.17, 15) is 5.11 Å². The molecule has 1 N–H and O–H groups in total. The molecule has 2 aromatic rings. The summed E-state index contributed by atoms with van der Waals surface area (Å²) in [6, 6.07) is 5.94. The maximum Gasteiger partial charge on any atom is 0.103 e. The van der Waals surface area contributed by atoms with Gasteiger partial charge in [0.05, 0.1) is 5.52 Å². The summed E-state index contributed by atoms with van der Waals surface area (Å²) in [4.78, 5) is 0. The van der Waals surface area contributed by atoms with Gasteiger partial charge in [0.1, 0.15) is 11.3 Å². The van der Waals surface area contributed by atoms with Gasteiger partial charge in [0, 0.05) is 16.9 Å². The van der Waals surface area contributed by atoms with Crippen LogP contribution in [0.5, 0.6) is 0 Å². The van der Waals surface area contributed by atoms with Gasteiger partial charge in [0.2, 0.25) is 0 Å². The van der Waals surface area contributed by atoms with Gasteiger partial charge in [0.15, 0.2) is 0 Å². The van der Waals surface area contributed by atoms with Gasteiger partial charge < -0.3 is 5.11 Å². The van der Waals surface area contributed by atoms with E-state index in [1.54, 1.807) is 18.5 Å². The molecule has 4 heteroatoms. The molecular weight excluding hydrogens is 256 g/mol. The van der Waals surface area contributed by atoms with Crippen LogP contribution in [-0.2, 0) is 12.6 Å². The average Bonchev–Trinajstić information content (AvgIpc) is 2.42. The quantitative estimate of drug-likeness (QED) is 0.864. The highest BCUT2D eigenvalue weighted by molar-refractivity contribution is 9.10. The Balaban J connectivity index is 2.81. The summed E-state index contributed by atoms with van der Waals surface area (Å²) in [5, 5.41) is 15.3. The molecular formula is C11H13BrN2O. The molecule has 0 radical (unpaired) electrons. The normalized spacial score (nSPS) is 12.3. The zero-order valence-electron chi connectivity index (χ0n) is 8.95. The molecule has 2 rings (SSSR count). The predicted octanol–water partition coefficient (Wildman–Crippen LogP) is 2.56. The van der Waals surface area contributed by atoms with Crippen LogP contribution in [0.2, 0.25) is 0 Å². The second-order valence-electron chi connectivity index (χ2n) is 4.19. The van der Waals surface area contributed by atoms with Crippen molar-refractivity contribution >= 4 is 26.8 Å². The molecule has 0 saturated heterocycles. The summed E-state index contributed by atoms with van der Waals surface area (Å²) in [6.45, 7) is 3.49. The lowest BCUT2D eigenvalue weighted by Gasteiger charge is -2.14. The fraction of sp³-hybridized carbons (Fsp3) is 0.364. The number of aliphatic hydroxyl groups is 1. The Bertz CT molecular complexity index is 511. The number of benzene rings is 1. The Morgan fingerprint density at radius 1 is 1.40 bits per heavy atom. The van der Waals surface area contributed by atoms with E-state index in [4.69, 9.17) is 0 Å². The Morgan fingerprint density at radius 3 is 2.67 bits per heavy atom. The summed E-state index contributed by atoms with van der Waals surface area (Å²) in [6.07, 6.45) is 0. The summed E-state index contributed by atoms with van der Waals surface area (Å²) in [7, 11) is 1.88. The van der Waals surface area contributed by atoms with Crippen molar-refractivity contribution in [3.63, 3.8) is 0 Å². The lowest BCUT2D eigenvalue weighted by Crippen LogP contribution is -2.16. The molecule has 0 fully saturated rings. The first-order valence-corrected chi connectivity index (χ1v) is 5.54. The van der Waals surface area contributed by atoms with Crippen LogP contribution in [0, 0.1) is 0 Å². The molecule has 0 amide bonds. The molecule has 15 heavy (non-hydrogen) atoms. The molecule has 3 nitrogen and oxygen atoms in total. The van der Waals surface area contributed by atoms with E-state index in [0.717, 1.165) is 15.4 Å². The molecule has 1 heterocycles. The van der Waals surface area contributed by atoms with Crippen molar-refractivity contribution in [2.45, 2.75) is 19.4 Å². The first-order chi connectivity index (χ1) is 6.89. The highest BCUT2D eigenvalue weighted by atomic mass is 79.9. The fourth-order valence-electron chi connectivity index (χ4n) is 1.69. The third kappa shape index (κ3) is 1.79. The number of nitrogens with zero attached hydrogens (tertiary/aromatic N) is 2. The number of halogens is 1. The van der Waals surface area contributed by atoms with Crippen LogP contribution < -0.4 is 0 Å². The van der Waals surface area contributed by atoms with Crippen LogP contribution in [0.15, 0.2) is 22.7 Å². The van der Waals surface area contributed by atoms with Gasteiger partial charge in [-0.3, -0.25) is 4.68 Å². The molecule has 0 saturated carbocycles. The third-order valence-corrected chi connectivity index (χ3v) is 2.89. The molecule has 1 aromatic heterocycles. The Morgan fingerprint density at radius 2 is 2.07 bits per heavy atom. The second kappa shape index (κ2) is 3.32. The van der Waals surface area contributed by atoms with Crippen molar-refractivity contribution in [3.05, 3.63) is 28.4 Å². The van der Waals surface area contributed by atoms with Gasteiger partial charge in [-0.05, 0) is 32.0 Å². The van der Waals surface area contributed by atoms with Gasteiger partial charge in [-0.15, -0.1) is 0 Å². The largest absolute Gasteiger partial charge is 0.384 e. The van der Waals surface area contributed by atoms with Gasteiger partial charge >= 0.3 is 0 Å². The minimum atomic E-state index is -0.916. The summed E-state index contributed by atoms with van der Waals surface area (Å²) < 4.78 is 2.78. The van der Waals surface area contributed by atoms with Crippen molar-refractivity contribution in [3.8, 4) is 0 Å². The van der Waals surface area contributed by atoms with Crippen LogP contribution in [0.1, 0.15) is 19.5 Å². The SMILES string of the molecule is Cn1nc(C(C)(C)O)c2cc(Br)ccc21. The maximum absolute atomic E-state index is 10.0. The maximum atomic E-state index is 10.0. The van der Waals surface area contributed by atoms with Crippen molar-refractivity contribution in [2.24, 2.45) is 7.05 Å². The Kier molecular flexibility index (Phi) is 2.35. The number of hydrogen-bond acceptors (Lipinski definition) is 2. The van der Waals surface area contributed by atoms with Crippen molar-refractivity contribution in [2.75, 3.05) is 0 Å². The van der Waals surface area contributed by atoms with Gasteiger partial charge in [-0.2, -0.15) is 5.10 Å². The van der Waals surface area contributed by atoms with E-state index < -0.39 is 5.60 Å². The smallest absolute Gasteiger partial charge is 0.103 e. The summed E-state index contributed by atoms with van der Waals surface area (Å²) >= 11 is 3.42. The zero-order valence-corrected chi connectivity index (χ0v) is 10.5. The van der Waals surface area contributed by atoms with E-state index in [-0.39, 0.29) is 0 Å². The number of aryl methyl sites for hydroxylation is 1. The van der Waals surface area contributed by atoms with Crippen LogP contribution in [0.3, 0.4) is 0 Å². The van der Waals surface area contributed by atoms with Gasteiger partial charge in [0.25, 0.3) is 0 Å². The number of aromatic nitrogens is 2. The lowest BCUT2D eigenvalue weighted by atomic mass is 10.0. The standard InChI is InChI=1S/C11H13BrN2O/c1-11(2,15)10-8-6-7(12)4-5-9(8)14(3)13-10/h4-6,15H,1-3H3. The van der Waals surface area contributed by atoms with Crippen LogP contribution >= 0.6 is 15.9 Å². The molecule has 0 aliphatic carbocycles. The summed E-state index contributed by atoms with van der Waals surface area (Å²) in [5.74, 6) is 0. The molecule has 0 aliphatic rings. The van der Waals surface area contributed by atoms with E-state index in [1.807, 2.05) is 25.2 Å². The molecule has 1 aromatic carbocycles. The molecule has 0 aliphatic heterocycles. The van der Waals surface area contributed by atoms with Crippen molar-refractivity contribution < 1.29 is 5.11 Å². The Labute approximate surface area is 96.8 Å². The second-order valence-corrected chi connectivity index (χ2v) is 5.11. The summed E-state index contributed by atoms with van der Waals surface area (Å²) in [5.41, 5.74) is 0.817. The van der Waals surface area contributed by atoms with Crippen LogP contribution in [0.25, 0.3) is 10.9 Å². The number of rotatable bonds is 1. The minimum Gasteiger partial charge on any atom is -0.384 e. The van der Waals surface area contributed by atoms with Gasteiger partial charge in [-0.25, -0.2) is 0 Å². The molecule has 0 bridgehead atoms. The predicted molar refractivity (Wildman–Crippen MR) is 63.7 cm³/mol. The van der Waals surface area contributed by atoms with Gasteiger partial charge in [-0.1, -0.05) is 15.9 Å². The highest BCUT2D eigenvalue weighted by Gasteiger charge is 2.23. The molecule has 0 atom stereocenters. The van der Waals surface area contributed by atoms with E-state index >= 15 is 0 Å². The molecule has 80 valence electrons. The lowest BCUT2D eigenvalue weighted by molar-refractivity contribution is 0.0747. The molecule has 0 unspecified atom stereocenters. The van der Waals surface area contributed by atoms with Crippen molar-refractivity contribution in [1.82, 2.24) is 9.78 Å².